The number of carboxylic acid groups (broad SMARTS) is 1. The highest BCUT2D eigenvalue weighted by Crippen LogP contribution is 2.25. The number of aromatic nitrogens is 3. The number of carboxylic acids is 1. The summed E-state index contributed by atoms with van der Waals surface area (Å²) in [5, 5.41) is 13.4. The van der Waals surface area contributed by atoms with Crippen LogP contribution in [0.25, 0.3) is 17.1 Å². The molecule has 0 saturated heterocycles. The lowest BCUT2D eigenvalue weighted by Gasteiger charge is -2.08. The molecule has 1 N–H and O–H groups in total. The molecule has 0 atom stereocenters. The van der Waals surface area contributed by atoms with Gasteiger partial charge >= 0.3 is 5.97 Å². The largest absolute Gasteiger partial charge is 0.478 e. The first-order chi connectivity index (χ1) is 10.2. The van der Waals surface area contributed by atoms with Crippen LogP contribution in [0.3, 0.4) is 0 Å². The number of hydrogen-bond acceptors (Lipinski definition) is 3. The molecule has 0 amide bonds. The number of hydrogen-bond donors (Lipinski definition) is 1. The van der Waals surface area contributed by atoms with Gasteiger partial charge in [0.2, 0.25) is 0 Å². The van der Waals surface area contributed by atoms with Crippen molar-refractivity contribution in [3.63, 3.8) is 0 Å². The molecular formula is C16H13N3O2. The van der Waals surface area contributed by atoms with Crippen molar-refractivity contribution in [1.29, 1.82) is 0 Å². The van der Waals surface area contributed by atoms with Gasteiger partial charge in [-0.05, 0) is 24.6 Å². The molecule has 0 bridgehead atoms. The zero-order valence-electron chi connectivity index (χ0n) is 11.4. The van der Waals surface area contributed by atoms with Crippen molar-refractivity contribution in [3.05, 3.63) is 66.0 Å². The smallest absolute Gasteiger partial charge is 0.335 e. The minimum atomic E-state index is -0.983. The number of carbonyl (C=O) groups is 1. The maximum atomic E-state index is 11.1. The van der Waals surface area contributed by atoms with Crippen LogP contribution >= 0.6 is 0 Å². The lowest BCUT2D eigenvalue weighted by atomic mass is 10.1. The van der Waals surface area contributed by atoms with Gasteiger partial charge in [0.1, 0.15) is 0 Å². The van der Waals surface area contributed by atoms with Gasteiger partial charge in [0.15, 0.2) is 5.82 Å². The maximum absolute atomic E-state index is 11.1. The second kappa shape index (κ2) is 5.20. The van der Waals surface area contributed by atoms with Crippen LogP contribution in [-0.2, 0) is 0 Å². The molecule has 5 nitrogen and oxygen atoms in total. The minimum absolute atomic E-state index is 0.187. The van der Waals surface area contributed by atoms with Crippen molar-refractivity contribution >= 4 is 5.97 Å². The Kier molecular flexibility index (Phi) is 3.23. The van der Waals surface area contributed by atoms with E-state index in [0.29, 0.717) is 5.82 Å². The highest BCUT2D eigenvalue weighted by Gasteiger charge is 2.13. The normalized spacial score (nSPS) is 10.5. The fourth-order valence-corrected chi connectivity index (χ4v) is 2.22. The number of benzene rings is 1. The van der Waals surface area contributed by atoms with Gasteiger partial charge in [-0.15, -0.1) is 0 Å². The Bertz CT molecular complexity index is 794. The lowest BCUT2D eigenvalue weighted by Crippen LogP contribution is -2.05. The third-order valence-corrected chi connectivity index (χ3v) is 3.21. The number of rotatable bonds is 3. The second-order valence-electron chi connectivity index (χ2n) is 4.66. The Morgan fingerprint density at radius 3 is 2.67 bits per heavy atom. The molecule has 2 heterocycles. The standard InChI is InChI=1S/C16H13N3O2/c1-11-10-18-19(15(11)12-5-3-2-4-6-12)14-9-13(16(20)21)7-8-17-14/h2-10H,1H3,(H,20,21). The van der Waals surface area contributed by atoms with E-state index in [2.05, 4.69) is 10.1 Å². The van der Waals surface area contributed by atoms with Crippen molar-refractivity contribution < 1.29 is 9.90 Å². The van der Waals surface area contributed by atoms with E-state index in [-0.39, 0.29) is 5.56 Å². The molecule has 0 aliphatic rings. The van der Waals surface area contributed by atoms with Crippen LogP contribution < -0.4 is 0 Å². The average Bonchev–Trinajstić information content (AvgIpc) is 2.90. The minimum Gasteiger partial charge on any atom is -0.478 e. The zero-order valence-corrected chi connectivity index (χ0v) is 11.4. The number of aryl methyl sites for hydroxylation is 1. The van der Waals surface area contributed by atoms with Gasteiger partial charge in [0.05, 0.1) is 17.5 Å². The molecule has 3 rings (SSSR count). The quantitative estimate of drug-likeness (QED) is 0.800. The first-order valence-corrected chi connectivity index (χ1v) is 6.46. The monoisotopic (exact) mass is 279 g/mol. The molecule has 0 radical (unpaired) electrons. The zero-order chi connectivity index (χ0) is 14.8. The number of pyridine rings is 1. The van der Waals surface area contributed by atoms with Crippen molar-refractivity contribution in [1.82, 2.24) is 14.8 Å². The SMILES string of the molecule is Cc1cnn(-c2cc(C(=O)O)ccn2)c1-c1ccccc1. The molecule has 0 spiro atoms. The highest BCUT2D eigenvalue weighted by molar-refractivity contribution is 5.88. The topological polar surface area (TPSA) is 68.0 Å². The summed E-state index contributed by atoms with van der Waals surface area (Å²) in [5.74, 6) is -0.495. The van der Waals surface area contributed by atoms with Crippen molar-refractivity contribution in [2.75, 3.05) is 0 Å². The Morgan fingerprint density at radius 2 is 1.95 bits per heavy atom. The Hall–Kier alpha value is -2.95. The maximum Gasteiger partial charge on any atom is 0.335 e. The fourth-order valence-electron chi connectivity index (χ4n) is 2.22. The van der Waals surface area contributed by atoms with Gasteiger partial charge in [-0.3, -0.25) is 0 Å². The summed E-state index contributed by atoms with van der Waals surface area (Å²) < 4.78 is 1.66. The Balaban J connectivity index is 2.17. The summed E-state index contributed by atoms with van der Waals surface area (Å²) in [6.45, 7) is 1.97. The lowest BCUT2D eigenvalue weighted by molar-refractivity contribution is 0.0696. The third kappa shape index (κ3) is 2.41. The van der Waals surface area contributed by atoms with Crippen LogP contribution in [0.2, 0.25) is 0 Å². The summed E-state index contributed by atoms with van der Waals surface area (Å²) in [5.41, 5.74) is 3.11. The fraction of sp³-hybridized carbons (Fsp3) is 0.0625. The first kappa shape index (κ1) is 13.1. The van der Waals surface area contributed by atoms with E-state index < -0.39 is 5.97 Å². The second-order valence-corrected chi connectivity index (χ2v) is 4.66. The van der Waals surface area contributed by atoms with Gasteiger partial charge in [0, 0.05) is 11.8 Å². The molecule has 0 unspecified atom stereocenters. The van der Waals surface area contributed by atoms with E-state index >= 15 is 0 Å². The van der Waals surface area contributed by atoms with Crippen LogP contribution in [0, 0.1) is 6.92 Å². The van der Waals surface area contributed by atoms with Gasteiger partial charge in [0.25, 0.3) is 0 Å². The number of aromatic carboxylic acids is 1. The van der Waals surface area contributed by atoms with Gasteiger partial charge in [-0.2, -0.15) is 5.10 Å². The molecule has 0 saturated carbocycles. The molecule has 21 heavy (non-hydrogen) atoms. The molecule has 3 aromatic rings. The van der Waals surface area contributed by atoms with E-state index in [4.69, 9.17) is 5.11 Å². The molecule has 104 valence electrons. The van der Waals surface area contributed by atoms with Crippen molar-refractivity contribution in [2.24, 2.45) is 0 Å². The van der Waals surface area contributed by atoms with Crippen molar-refractivity contribution in [3.8, 4) is 17.1 Å². The molecule has 0 aliphatic heterocycles. The Labute approximate surface area is 121 Å². The molecule has 1 aromatic carbocycles. The molecule has 0 fully saturated rings. The third-order valence-electron chi connectivity index (χ3n) is 3.21. The van der Waals surface area contributed by atoms with Crippen molar-refractivity contribution in [2.45, 2.75) is 6.92 Å². The van der Waals surface area contributed by atoms with E-state index in [1.165, 1.54) is 18.3 Å². The molecule has 2 aromatic heterocycles. The van der Waals surface area contributed by atoms with Gasteiger partial charge in [-0.25, -0.2) is 14.5 Å². The van der Waals surface area contributed by atoms with Crippen LogP contribution in [0.4, 0.5) is 0 Å². The van der Waals surface area contributed by atoms with Gasteiger partial charge in [-0.1, -0.05) is 30.3 Å². The highest BCUT2D eigenvalue weighted by atomic mass is 16.4. The predicted molar refractivity (Wildman–Crippen MR) is 78.5 cm³/mol. The molecule has 5 heteroatoms. The van der Waals surface area contributed by atoms with Crippen LogP contribution in [0.1, 0.15) is 15.9 Å². The summed E-state index contributed by atoms with van der Waals surface area (Å²) in [4.78, 5) is 15.3. The first-order valence-electron chi connectivity index (χ1n) is 6.46. The predicted octanol–water partition coefficient (Wildman–Crippen LogP) is 2.94. The van der Waals surface area contributed by atoms with E-state index in [9.17, 15) is 4.79 Å². The molecule has 0 aliphatic carbocycles. The molecular weight excluding hydrogens is 266 g/mol. The van der Waals surface area contributed by atoms with Crippen LogP contribution in [-0.4, -0.2) is 25.8 Å². The summed E-state index contributed by atoms with van der Waals surface area (Å²) in [6, 6.07) is 12.8. The van der Waals surface area contributed by atoms with E-state index in [0.717, 1.165) is 16.8 Å². The summed E-state index contributed by atoms with van der Waals surface area (Å²) >= 11 is 0. The Morgan fingerprint density at radius 1 is 1.19 bits per heavy atom. The van der Waals surface area contributed by atoms with Crippen LogP contribution in [0.15, 0.2) is 54.9 Å². The summed E-state index contributed by atoms with van der Waals surface area (Å²) in [7, 11) is 0. The van der Waals surface area contributed by atoms with E-state index in [1.54, 1.807) is 10.9 Å². The van der Waals surface area contributed by atoms with Crippen LogP contribution in [0.5, 0.6) is 0 Å². The van der Waals surface area contributed by atoms with Gasteiger partial charge < -0.3 is 5.11 Å². The summed E-state index contributed by atoms with van der Waals surface area (Å²) in [6.07, 6.45) is 3.22. The van der Waals surface area contributed by atoms with E-state index in [1.807, 2.05) is 37.3 Å². The number of nitrogens with zero attached hydrogens (tertiary/aromatic N) is 3. The average molecular weight is 279 g/mol.